The molecule has 1 amide bonds. The fraction of sp³-hybridized carbons (Fsp3) is 0.273. The van der Waals surface area contributed by atoms with Crippen LogP contribution in [0, 0.1) is 12.8 Å². The Bertz CT molecular complexity index is 851. The van der Waals surface area contributed by atoms with Gasteiger partial charge in [-0.1, -0.05) is 29.8 Å². The minimum absolute atomic E-state index is 0.125. The van der Waals surface area contributed by atoms with E-state index in [1.54, 1.807) is 24.3 Å². The van der Waals surface area contributed by atoms with Crippen molar-refractivity contribution in [1.29, 1.82) is 0 Å². The Morgan fingerprint density at radius 2 is 1.85 bits per heavy atom. The molecule has 1 saturated carbocycles. The summed E-state index contributed by atoms with van der Waals surface area (Å²) in [5, 5.41) is 2.78. The highest BCUT2D eigenvalue weighted by atomic mass is 16.5. The second-order valence-corrected chi connectivity index (χ2v) is 6.62. The van der Waals surface area contributed by atoms with Gasteiger partial charge in [0, 0.05) is 11.6 Å². The predicted molar refractivity (Wildman–Crippen MR) is 105 cm³/mol. The van der Waals surface area contributed by atoms with Crippen LogP contribution in [0.5, 0.6) is 11.5 Å². The Morgan fingerprint density at radius 3 is 2.52 bits per heavy atom. The number of aryl methyl sites for hydroxylation is 1. The van der Waals surface area contributed by atoms with E-state index >= 15 is 0 Å². The summed E-state index contributed by atoms with van der Waals surface area (Å²) in [5.74, 6) is 1.11. The van der Waals surface area contributed by atoms with Crippen molar-refractivity contribution in [2.45, 2.75) is 19.8 Å². The standard InChI is InChI=1S/C22H23NO4/c1-15-3-9-18(10-4-15)23-22(25)14-27-20-12-6-16(13-21(20)26-2)5-11-19(24)17-7-8-17/h3-6,9-13,17H,7-8,14H2,1-2H3,(H,23,25)/b11-5+. The molecule has 5 nitrogen and oxygen atoms in total. The van der Waals surface area contributed by atoms with Crippen molar-refractivity contribution in [3.8, 4) is 11.5 Å². The third-order valence-corrected chi connectivity index (χ3v) is 4.30. The summed E-state index contributed by atoms with van der Waals surface area (Å²) in [6, 6.07) is 12.9. The fourth-order valence-corrected chi connectivity index (χ4v) is 2.57. The number of carbonyl (C=O) groups excluding carboxylic acids is 2. The zero-order valence-electron chi connectivity index (χ0n) is 15.5. The van der Waals surface area contributed by atoms with E-state index in [0.717, 1.165) is 29.7 Å². The van der Waals surface area contributed by atoms with Gasteiger partial charge in [-0.05, 0) is 55.7 Å². The number of rotatable bonds is 8. The lowest BCUT2D eigenvalue weighted by Gasteiger charge is -2.11. The van der Waals surface area contributed by atoms with Crippen LogP contribution in [-0.4, -0.2) is 25.4 Å². The van der Waals surface area contributed by atoms with Crippen LogP contribution in [0.25, 0.3) is 6.08 Å². The maximum Gasteiger partial charge on any atom is 0.262 e. The van der Waals surface area contributed by atoms with Crippen molar-refractivity contribution in [3.05, 3.63) is 59.7 Å². The number of carbonyl (C=O) groups is 2. The van der Waals surface area contributed by atoms with Crippen molar-refractivity contribution in [2.75, 3.05) is 19.0 Å². The first-order chi connectivity index (χ1) is 13.0. The van der Waals surface area contributed by atoms with Gasteiger partial charge in [0.1, 0.15) is 0 Å². The number of methoxy groups -OCH3 is 1. The van der Waals surface area contributed by atoms with Gasteiger partial charge >= 0.3 is 0 Å². The van der Waals surface area contributed by atoms with Gasteiger partial charge in [-0.25, -0.2) is 0 Å². The van der Waals surface area contributed by atoms with Crippen LogP contribution in [0.15, 0.2) is 48.5 Å². The SMILES string of the molecule is COc1cc(/C=C/C(=O)C2CC2)ccc1OCC(=O)Nc1ccc(C)cc1. The second kappa shape index (κ2) is 8.54. The Kier molecular flexibility index (Phi) is 5.91. The van der Waals surface area contributed by atoms with Crippen molar-refractivity contribution in [3.63, 3.8) is 0 Å². The van der Waals surface area contributed by atoms with E-state index in [2.05, 4.69) is 5.32 Å². The minimum Gasteiger partial charge on any atom is -0.493 e. The maximum atomic E-state index is 12.1. The van der Waals surface area contributed by atoms with E-state index in [-0.39, 0.29) is 24.2 Å². The van der Waals surface area contributed by atoms with E-state index in [0.29, 0.717) is 11.5 Å². The van der Waals surface area contributed by atoms with Crippen LogP contribution in [-0.2, 0) is 9.59 Å². The number of hydrogen-bond acceptors (Lipinski definition) is 4. The van der Waals surface area contributed by atoms with Gasteiger partial charge in [0.25, 0.3) is 5.91 Å². The topological polar surface area (TPSA) is 64.6 Å². The number of nitrogens with one attached hydrogen (secondary N) is 1. The van der Waals surface area contributed by atoms with Crippen LogP contribution in [0.1, 0.15) is 24.0 Å². The fourth-order valence-electron chi connectivity index (χ4n) is 2.57. The molecule has 0 aromatic heterocycles. The lowest BCUT2D eigenvalue weighted by Crippen LogP contribution is -2.20. The number of anilines is 1. The highest BCUT2D eigenvalue weighted by Crippen LogP contribution is 2.31. The molecule has 1 aliphatic rings. The number of benzene rings is 2. The van der Waals surface area contributed by atoms with Gasteiger partial charge in [-0.2, -0.15) is 0 Å². The van der Waals surface area contributed by atoms with Crippen LogP contribution < -0.4 is 14.8 Å². The maximum absolute atomic E-state index is 12.1. The Hall–Kier alpha value is -3.08. The monoisotopic (exact) mass is 365 g/mol. The van der Waals surface area contributed by atoms with Crippen LogP contribution in [0.3, 0.4) is 0 Å². The molecular formula is C22H23NO4. The van der Waals surface area contributed by atoms with E-state index in [1.165, 1.54) is 7.11 Å². The van der Waals surface area contributed by atoms with Crippen LogP contribution in [0.2, 0.25) is 0 Å². The molecule has 0 saturated heterocycles. The average Bonchev–Trinajstić information content (AvgIpc) is 3.52. The van der Waals surface area contributed by atoms with Crippen LogP contribution in [0.4, 0.5) is 5.69 Å². The van der Waals surface area contributed by atoms with Gasteiger partial charge < -0.3 is 14.8 Å². The molecule has 140 valence electrons. The van der Waals surface area contributed by atoms with E-state index < -0.39 is 0 Å². The van der Waals surface area contributed by atoms with Crippen molar-refractivity contribution < 1.29 is 19.1 Å². The van der Waals surface area contributed by atoms with Crippen molar-refractivity contribution in [2.24, 2.45) is 5.92 Å². The molecule has 0 spiro atoms. The summed E-state index contributed by atoms with van der Waals surface area (Å²) < 4.78 is 10.9. The average molecular weight is 365 g/mol. The molecule has 0 aliphatic heterocycles. The van der Waals surface area contributed by atoms with Gasteiger partial charge in [0.2, 0.25) is 0 Å². The number of ether oxygens (including phenoxy) is 2. The first-order valence-corrected chi connectivity index (χ1v) is 8.94. The van der Waals surface area contributed by atoms with Gasteiger partial charge in [0.15, 0.2) is 23.9 Å². The molecule has 0 bridgehead atoms. The Balaban J connectivity index is 1.58. The Labute approximate surface area is 159 Å². The summed E-state index contributed by atoms with van der Waals surface area (Å²) in [6.07, 6.45) is 5.37. The summed E-state index contributed by atoms with van der Waals surface area (Å²) in [6.45, 7) is 1.86. The third-order valence-electron chi connectivity index (χ3n) is 4.30. The highest BCUT2D eigenvalue weighted by Gasteiger charge is 2.27. The van der Waals surface area contributed by atoms with Gasteiger partial charge in [-0.15, -0.1) is 0 Å². The number of amides is 1. The molecular weight excluding hydrogens is 342 g/mol. The van der Waals surface area contributed by atoms with E-state index in [9.17, 15) is 9.59 Å². The molecule has 3 rings (SSSR count). The van der Waals surface area contributed by atoms with Crippen molar-refractivity contribution >= 4 is 23.5 Å². The number of ketones is 1. The summed E-state index contributed by atoms with van der Waals surface area (Å²) in [5.41, 5.74) is 2.70. The largest absolute Gasteiger partial charge is 0.493 e. The molecule has 5 heteroatoms. The summed E-state index contributed by atoms with van der Waals surface area (Å²) in [7, 11) is 1.54. The van der Waals surface area contributed by atoms with E-state index in [4.69, 9.17) is 9.47 Å². The first kappa shape index (κ1) is 18.7. The van der Waals surface area contributed by atoms with Gasteiger partial charge in [0.05, 0.1) is 7.11 Å². The molecule has 2 aromatic carbocycles. The second-order valence-electron chi connectivity index (χ2n) is 6.62. The summed E-state index contributed by atoms with van der Waals surface area (Å²) >= 11 is 0. The van der Waals surface area contributed by atoms with Crippen molar-refractivity contribution in [1.82, 2.24) is 0 Å². The normalized spacial score (nSPS) is 13.4. The first-order valence-electron chi connectivity index (χ1n) is 8.94. The molecule has 0 heterocycles. The zero-order chi connectivity index (χ0) is 19.2. The molecule has 1 N–H and O–H groups in total. The Morgan fingerprint density at radius 1 is 1.11 bits per heavy atom. The molecule has 27 heavy (non-hydrogen) atoms. The number of allylic oxidation sites excluding steroid dienone is 1. The molecule has 0 radical (unpaired) electrons. The van der Waals surface area contributed by atoms with Gasteiger partial charge in [-0.3, -0.25) is 9.59 Å². The predicted octanol–water partition coefficient (Wildman–Crippen LogP) is 4.01. The smallest absolute Gasteiger partial charge is 0.262 e. The zero-order valence-corrected chi connectivity index (χ0v) is 15.5. The molecule has 1 fully saturated rings. The quantitative estimate of drug-likeness (QED) is 0.718. The third kappa shape index (κ3) is 5.45. The lowest BCUT2D eigenvalue weighted by atomic mass is 10.1. The molecule has 2 aromatic rings. The number of hydrogen-bond donors (Lipinski definition) is 1. The molecule has 1 aliphatic carbocycles. The van der Waals surface area contributed by atoms with E-state index in [1.807, 2.05) is 37.3 Å². The summed E-state index contributed by atoms with van der Waals surface area (Å²) in [4.78, 5) is 23.8. The lowest BCUT2D eigenvalue weighted by molar-refractivity contribution is -0.118. The molecule has 0 unspecified atom stereocenters. The highest BCUT2D eigenvalue weighted by molar-refractivity contribution is 5.96. The minimum atomic E-state index is -0.250. The van der Waals surface area contributed by atoms with Crippen LogP contribution >= 0.6 is 0 Å². The molecule has 0 atom stereocenters.